The molecule has 2 rings (SSSR count). The lowest BCUT2D eigenvalue weighted by atomic mass is 10.1. The van der Waals surface area contributed by atoms with Crippen LogP contribution >= 0.6 is 0 Å². The van der Waals surface area contributed by atoms with Crippen LogP contribution in [0.5, 0.6) is 0 Å². The molecule has 1 amide bonds. The Morgan fingerprint density at radius 2 is 1.75 bits per heavy atom. The highest BCUT2D eigenvalue weighted by atomic mass is 19.1. The van der Waals surface area contributed by atoms with E-state index in [-0.39, 0.29) is 5.91 Å². The highest BCUT2D eigenvalue weighted by Crippen LogP contribution is 2.08. The molecule has 150 valence electrons. The fourth-order valence-electron chi connectivity index (χ4n) is 2.73. The second kappa shape index (κ2) is 11.0. The van der Waals surface area contributed by atoms with Gasteiger partial charge in [0.05, 0.1) is 0 Å². The van der Waals surface area contributed by atoms with E-state index in [9.17, 15) is 13.6 Å². The van der Waals surface area contributed by atoms with E-state index in [1.165, 1.54) is 12.1 Å². The number of guanidine groups is 1. The summed E-state index contributed by atoms with van der Waals surface area (Å²) in [7, 11) is 1.60. The predicted molar refractivity (Wildman–Crippen MR) is 108 cm³/mol. The second-order valence-corrected chi connectivity index (χ2v) is 6.24. The van der Waals surface area contributed by atoms with Crippen LogP contribution in [-0.2, 0) is 12.8 Å². The topological polar surface area (TPSA) is 65.5 Å². The van der Waals surface area contributed by atoms with Crippen LogP contribution in [-0.4, -0.2) is 38.5 Å². The summed E-state index contributed by atoms with van der Waals surface area (Å²) in [5.41, 5.74) is 2.24. The Balaban J connectivity index is 1.88. The fraction of sp³-hybridized carbons (Fsp3) is 0.333. The molecule has 0 aliphatic carbocycles. The Morgan fingerprint density at radius 3 is 2.43 bits per heavy atom. The smallest absolute Gasteiger partial charge is 0.251 e. The van der Waals surface area contributed by atoms with Crippen LogP contribution in [0.2, 0.25) is 0 Å². The summed E-state index contributed by atoms with van der Waals surface area (Å²) in [6.45, 7) is 3.71. The quantitative estimate of drug-likeness (QED) is 0.481. The number of hydrogen-bond acceptors (Lipinski definition) is 2. The molecular formula is C21H26F2N4O. The van der Waals surface area contributed by atoms with E-state index in [1.807, 2.05) is 25.1 Å². The minimum absolute atomic E-state index is 0.117. The molecule has 0 saturated heterocycles. The van der Waals surface area contributed by atoms with Gasteiger partial charge in [-0.05, 0) is 55.2 Å². The lowest BCUT2D eigenvalue weighted by Crippen LogP contribution is -2.38. The monoisotopic (exact) mass is 388 g/mol. The SMILES string of the molecule is CCNC(=NCCc1cccc(C(=O)NC)c1)NCCc1cc(F)cc(F)c1. The number of carbonyl (C=O) groups excluding carboxylic acids is 1. The maximum Gasteiger partial charge on any atom is 0.251 e. The molecule has 7 heteroatoms. The van der Waals surface area contributed by atoms with E-state index < -0.39 is 11.6 Å². The van der Waals surface area contributed by atoms with Gasteiger partial charge in [-0.25, -0.2) is 8.78 Å². The molecule has 2 aromatic rings. The lowest BCUT2D eigenvalue weighted by molar-refractivity contribution is 0.0963. The normalized spacial score (nSPS) is 11.2. The summed E-state index contributed by atoms with van der Waals surface area (Å²) < 4.78 is 26.5. The van der Waals surface area contributed by atoms with Crippen LogP contribution in [0.4, 0.5) is 8.78 Å². The molecule has 0 fully saturated rings. The molecule has 28 heavy (non-hydrogen) atoms. The van der Waals surface area contributed by atoms with E-state index in [1.54, 1.807) is 13.1 Å². The average Bonchev–Trinajstić information content (AvgIpc) is 2.67. The van der Waals surface area contributed by atoms with Gasteiger partial charge in [0, 0.05) is 38.3 Å². The molecule has 2 aromatic carbocycles. The molecule has 5 nitrogen and oxygen atoms in total. The first-order valence-electron chi connectivity index (χ1n) is 9.30. The molecule has 0 aliphatic heterocycles. The Labute approximate surface area is 164 Å². The van der Waals surface area contributed by atoms with Crippen molar-refractivity contribution in [3.05, 3.63) is 70.8 Å². The van der Waals surface area contributed by atoms with Gasteiger partial charge in [-0.1, -0.05) is 12.1 Å². The summed E-state index contributed by atoms with van der Waals surface area (Å²) in [4.78, 5) is 16.2. The summed E-state index contributed by atoms with van der Waals surface area (Å²) >= 11 is 0. The summed E-state index contributed by atoms with van der Waals surface area (Å²) in [5, 5.41) is 8.92. The van der Waals surface area contributed by atoms with E-state index in [0.717, 1.165) is 11.6 Å². The zero-order chi connectivity index (χ0) is 20.4. The van der Waals surface area contributed by atoms with E-state index in [4.69, 9.17) is 0 Å². The van der Waals surface area contributed by atoms with Crippen LogP contribution in [0, 0.1) is 11.6 Å². The third-order valence-electron chi connectivity index (χ3n) is 4.06. The Bertz CT molecular complexity index is 804. The number of halogens is 2. The Kier molecular flexibility index (Phi) is 8.39. The zero-order valence-corrected chi connectivity index (χ0v) is 16.2. The van der Waals surface area contributed by atoms with Crippen molar-refractivity contribution in [3.8, 4) is 0 Å². The van der Waals surface area contributed by atoms with Gasteiger partial charge in [0.15, 0.2) is 5.96 Å². The van der Waals surface area contributed by atoms with E-state index in [2.05, 4.69) is 20.9 Å². The molecule has 0 radical (unpaired) electrons. The molecule has 0 atom stereocenters. The maximum atomic E-state index is 13.2. The van der Waals surface area contributed by atoms with Crippen LogP contribution in [0.15, 0.2) is 47.5 Å². The third-order valence-corrected chi connectivity index (χ3v) is 4.06. The standard InChI is InChI=1S/C21H26F2N4O/c1-3-25-21(27-10-8-16-12-18(22)14-19(23)13-16)26-9-7-15-5-4-6-17(11-15)20(28)24-2/h4-6,11-14H,3,7-10H2,1-2H3,(H,24,28)(H2,25,26,27). The molecular weight excluding hydrogens is 362 g/mol. The largest absolute Gasteiger partial charge is 0.357 e. The molecule has 3 N–H and O–H groups in total. The molecule has 0 aliphatic rings. The molecule has 0 heterocycles. The first-order chi connectivity index (χ1) is 13.5. The lowest BCUT2D eigenvalue weighted by Gasteiger charge is -2.11. The highest BCUT2D eigenvalue weighted by molar-refractivity contribution is 5.94. The number of aliphatic imine (C=N–C) groups is 1. The number of carbonyl (C=O) groups is 1. The van der Waals surface area contributed by atoms with Gasteiger partial charge in [0.25, 0.3) is 5.91 Å². The predicted octanol–water partition coefficient (Wildman–Crippen LogP) is 2.66. The van der Waals surface area contributed by atoms with Crippen molar-refractivity contribution >= 4 is 11.9 Å². The molecule has 0 saturated carbocycles. The van der Waals surface area contributed by atoms with Crippen molar-refractivity contribution < 1.29 is 13.6 Å². The first-order valence-corrected chi connectivity index (χ1v) is 9.30. The summed E-state index contributed by atoms with van der Waals surface area (Å²) in [5.74, 6) is -0.625. The van der Waals surface area contributed by atoms with Gasteiger partial charge in [-0.2, -0.15) is 0 Å². The number of nitrogens with zero attached hydrogens (tertiary/aromatic N) is 1. The fourth-order valence-corrected chi connectivity index (χ4v) is 2.73. The number of rotatable bonds is 8. The van der Waals surface area contributed by atoms with Crippen LogP contribution in [0.25, 0.3) is 0 Å². The zero-order valence-electron chi connectivity index (χ0n) is 16.2. The summed E-state index contributed by atoms with van der Waals surface area (Å²) in [6.07, 6.45) is 1.17. The molecule has 0 bridgehead atoms. The third kappa shape index (κ3) is 6.98. The minimum atomic E-state index is -0.574. The maximum absolute atomic E-state index is 13.2. The van der Waals surface area contributed by atoms with Crippen LogP contribution < -0.4 is 16.0 Å². The van der Waals surface area contributed by atoms with Crippen molar-refractivity contribution in [1.29, 1.82) is 0 Å². The van der Waals surface area contributed by atoms with E-state index >= 15 is 0 Å². The summed E-state index contributed by atoms with van der Waals surface area (Å²) in [6, 6.07) is 11.0. The first kappa shape index (κ1) is 21.3. The van der Waals surface area contributed by atoms with Gasteiger partial charge in [0.2, 0.25) is 0 Å². The Hall–Kier alpha value is -2.96. The minimum Gasteiger partial charge on any atom is -0.357 e. The number of amides is 1. The van der Waals surface area contributed by atoms with Crippen molar-refractivity contribution in [3.63, 3.8) is 0 Å². The van der Waals surface area contributed by atoms with Gasteiger partial charge in [-0.3, -0.25) is 9.79 Å². The van der Waals surface area contributed by atoms with Crippen molar-refractivity contribution in [2.24, 2.45) is 4.99 Å². The number of benzene rings is 2. The van der Waals surface area contributed by atoms with Crippen LogP contribution in [0.3, 0.4) is 0 Å². The second-order valence-electron chi connectivity index (χ2n) is 6.24. The number of hydrogen-bond donors (Lipinski definition) is 3. The van der Waals surface area contributed by atoms with Crippen molar-refractivity contribution in [1.82, 2.24) is 16.0 Å². The van der Waals surface area contributed by atoms with E-state index in [0.29, 0.717) is 49.6 Å². The van der Waals surface area contributed by atoms with Gasteiger partial charge < -0.3 is 16.0 Å². The van der Waals surface area contributed by atoms with Crippen LogP contribution in [0.1, 0.15) is 28.4 Å². The molecule has 0 spiro atoms. The van der Waals surface area contributed by atoms with Crippen molar-refractivity contribution in [2.45, 2.75) is 19.8 Å². The molecule has 0 unspecified atom stereocenters. The van der Waals surface area contributed by atoms with Gasteiger partial charge in [-0.15, -0.1) is 0 Å². The molecule has 0 aromatic heterocycles. The number of nitrogens with one attached hydrogen (secondary N) is 3. The average molecular weight is 388 g/mol. The van der Waals surface area contributed by atoms with Gasteiger partial charge >= 0.3 is 0 Å². The highest BCUT2D eigenvalue weighted by Gasteiger charge is 2.04. The van der Waals surface area contributed by atoms with Crippen molar-refractivity contribution in [2.75, 3.05) is 26.7 Å². The van der Waals surface area contributed by atoms with Gasteiger partial charge in [0.1, 0.15) is 11.6 Å². The Morgan fingerprint density at radius 1 is 1.00 bits per heavy atom.